The summed E-state index contributed by atoms with van der Waals surface area (Å²) in [6.07, 6.45) is 1.74. The summed E-state index contributed by atoms with van der Waals surface area (Å²) in [5, 5.41) is 0. The second kappa shape index (κ2) is 8.34. The molecule has 0 N–H and O–H groups in total. The van der Waals surface area contributed by atoms with Gasteiger partial charge in [0.05, 0.1) is 20.3 Å². The third-order valence-electron chi connectivity index (χ3n) is 5.84. The van der Waals surface area contributed by atoms with Crippen molar-refractivity contribution in [1.82, 2.24) is 9.47 Å². The highest BCUT2D eigenvalue weighted by molar-refractivity contribution is 6.07. The van der Waals surface area contributed by atoms with Gasteiger partial charge >= 0.3 is 5.97 Å². The van der Waals surface area contributed by atoms with Gasteiger partial charge in [-0.3, -0.25) is 9.59 Å². The van der Waals surface area contributed by atoms with Crippen LogP contribution in [0.2, 0.25) is 0 Å². The average molecular weight is 412 g/mol. The van der Waals surface area contributed by atoms with E-state index in [1.54, 1.807) is 68.7 Å². The number of Topliss-reactive ketones (excluding diaryl/α,β-unsaturated/α-hetero) is 1. The maximum absolute atomic E-state index is 13.5. The van der Waals surface area contributed by atoms with E-state index in [0.717, 1.165) is 12.8 Å². The van der Waals surface area contributed by atoms with Gasteiger partial charge in [-0.2, -0.15) is 0 Å². The number of hydrogen-bond donors (Lipinski definition) is 0. The number of carbonyl (C=O) groups excluding carboxylic acids is 3. The Bertz CT molecular complexity index is 1000. The number of rotatable bonds is 7. The molecule has 1 unspecified atom stereocenters. The van der Waals surface area contributed by atoms with Gasteiger partial charge < -0.3 is 18.9 Å². The van der Waals surface area contributed by atoms with Crippen LogP contribution < -0.4 is 4.74 Å². The summed E-state index contributed by atoms with van der Waals surface area (Å²) in [5.74, 6) is -0.278. The van der Waals surface area contributed by atoms with Crippen molar-refractivity contribution in [2.75, 3.05) is 14.2 Å². The van der Waals surface area contributed by atoms with E-state index in [9.17, 15) is 14.4 Å². The zero-order valence-corrected chi connectivity index (χ0v) is 18.3. The van der Waals surface area contributed by atoms with Crippen molar-refractivity contribution in [1.29, 1.82) is 0 Å². The molecule has 1 aliphatic carbocycles. The molecule has 1 amide bonds. The van der Waals surface area contributed by atoms with Crippen molar-refractivity contribution in [2.24, 2.45) is 7.05 Å². The highest BCUT2D eigenvalue weighted by atomic mass is 16.5. The molecule has 1 aromatic carbocycles. The summed E-state index contributed by atoms with van der Waals surface area (Å²) < 4.78 is 11.8. The maximum atomic E-state index is 13.5. The third-order valence-corrected chi connectivity index (χ3v) is 5.84. The van der Waals surface area contributed by atoms with Crippen LogP contribution >= 0.6 is 0 Å². The van der Waals surface area contributed by atoms with Gasteiger partial charge in [0.15, 0.2) is 5.78 Å². The fraction of sp³-hybridized carbons (Fsp3) is 0.435. The molecule has 160 valence electrons. The fourth-order valence-corrected chi connectivity index (χ4v) is 3.98. The van der Waals surface area contributed by atoms with Gasteiger partial charge in [0.1, 0.15) is 11.4 Å². The third kappa shape index (κ3) is 3.72. The van der Waals surface area contributed by atoms with Crippen molar-refractivity contribution >= 4 is 17.7 Å². The predicted molar refractivity (Wildman–Crippen MR) is 112 cm³/mol. The zero-order chi connectivity index (χ0) is 22.2. The first-order chi connectivity index (χ1) is 14.2. The first-order valence-corrected chi connectivity index (χ1v) is 9.98. The Morgan fingerprint density at radius 2 is 1.83 bits per heavy atom. The number of nitrogens with zero attached hydrogens (tertiary/aromatic N) is 2. The maximum Gasteiger partial charge on any atom is 0.354 e. The van der Waals surface area contributed by atoms with Crippen molar-refractivity contribution in [2.45, 2.75) is 45.7 Å². The Morgan fingerprint density at radius 1 is 1.17 bits per heavy atom. The number of methoxy groups -OCH3 is 2. The zero-order valence-electron chi connectivity index (χ0n) is 18.3. The van der Waals surface area contributed by atoms with Crippen molar-refractivity contribution < 1.29 is 23.9 Å². The lowest BCUT2D eigenvalue weighted by Gasteiger charge is -2.29. The average Bonchev–Trinajstić information content (AvgIpc) is 3.55. The van der Waals surface area contributed by atoms with Crippen LogP contribution in [-0.2, 0) is 11.8 Å². The monoisotopic (exact) mass is 412 g/mol. The lowest BCUT2D eigenvalue weighted by atomic mass is 9.99. The van der Waals surface area contributed by atoms with Gasteiger partial charge in [0.2, 0.25) is 0 Å². The molecule has 0 radical (unpaired) electrons. The molecular weight excluding hydrogens is 384 g/mol. The minimum Gasteiger partial charge on any atom is -0.497 e. The summed E-state index contributed by atoms with van der Waals surface area (Å²) in [5.41, 5.74) is 2.55. The SMILES string of the molecule is COC(=O)c1c(C)c(C(=O)C(C)N(C(=O)c2cccc(OC)c2)C2CC2)c(C)n1C. The normalized spacial score (nSPS) is 14.2. The Labute approximate surface area is 176 Å². The summed E-state index contributed by atoms with van der Waals surface area (Å²) >= 11 is 0. The molecule has 2 aromatic rings. The number of benzene rings is 1. The molecule has 1 aromatic heterocycles. The van der Waals surface area contributed by atoms with E-state index in [2.05, 4.69) is 0 Å². The molecule has 1 saturated carbocycles. The number of esters is 1. The Kier molecular flexibility index (Phi) is 6.01. The molecule has 0 aliphatic heterocycles. The van der Waals surface area contributed by atoms with E-state index in [-0.39, 0.29) is 17.7 Å². The van der Waals surface area contributed by atoms with E-state index < -0.39 is 12.0 Å². The van der Waals surface area contributed by atoms with Crippen molar-refractivity contribution in [3.05, 3.63) is 52.3 Å². The van der Waals surface area contributed by atoms with Gasteiger partial charge in [-0.25, -0.2) is 4.79 Å². The quantitative estimate of drug-likeness (QED) is 0.515. The van der Waals surface area contributed by atoms with Crippen molar-refractivity contribution in [3.8, 4) is 5.75 Å². The Balaban J connectivity index is 1.97. The number of aromatic nitrogens is 1. The number of ketones is 1. The standard InChI is InChI=1S/C23H28N2O5/c1-13-19(14(2)24(4)20(13)23(28)30-6)21(26)15(3)25(17-10-11-17)22(27)16-8-7-9-18(12-16)29-5/h7-9,12,15,17H,10-11H2,1-6H3. The van der Waals surface area contributed by atoms with E-state index in [4.69, 9.17) is 9.47 Å². The summed E-state index contributed by atoms with van der Waals surface area (Å²) in [6, 6.07) is 6.32. The summed E-state index contributed by atoms with van der Waals surface area (Å²) in [7, 11) is 4.60. The highest BCUT2D eigenvalue weighted by Gasteiger charge is 2.40. The number of hydrogen-bond acceptors (Lipinski definition) is 5. The smallest absolute Gasteiger partial charge is 0.354 e. The van der Waals surface area contributed by atoms with Crippen LogP contribution in [0.3, 0.4) is 0 Å². The minimum atomic E-state index is -0.665. The number of amides is 1. The molecular formula is C23H28N2O5. The molecule has 0 bridgehead atoms. The number of carbonyl (C=O) groups is 3. The molecule has 3 rings (SSSR count). The molecule has 7 heteroatoms. The largest absolute Gasteiger partial charge is 0.497 e. The molecule has 1 fully saturated rings. The van der Waals surface area contributed by atoms with E-state index in [1.165, 1.54) is 7.11 Å². The van der Waals surface area contributed by atoms with Crippen LogP contribution in [0.1, 0.15) is 62.2 Å². The molecule has 30 heavy (non-hydrogen) atoms. The lowest BCUT2D eigenvalue weighted by Crippen LogP contribution is -2.45. The molecule has 7 nitrogen and oxygen atoms in total. The van der Waals surface area contributed by atoms with Crippen LogP contribution in [0, 0.1) is 13.8 Å². The molecule has 0 saturated heterocycles. The van der Waals surface area contributed by atoms with Crippen LogP contribution in [0.5, 0.6) is 5.75 Å². The van der Waals surface area contributed by atoms with E-state index in [0.29, 0.717) is 33.8 Å². The van der Waals surface area contributed by atoms with Crippen LogP contribution in [0.25, 0.3) is 0 Å². The van der Waals surface area contributed by atoms with Gasteiger partial charge in [-0.05, 0) is 57.4 Å². The summed E-state index contributed by atoms with van der Waals surface area (Å²) in [6.45, 7) is 5.29. The number of ether oxygens (including phenoxy) is 2. The highest BCUT2D eigenvalue weighted by Crippen LogP contribution is 2.33. The first-order valence-electron chi connectivity index (χ1n) is 9.98. The van der Waals surface area contributed by atoms with Crippen LogP contribution in [0.4, 0.5) is 0 Å². The van der Waals surface area contributed by atoms with Crippen molar-refractivity contribution in [3.63, 3.8) is 0 Å². The van der Waals surface area contributed by atoms with Crippen LogP contribution in [0.15, 0.2) is 24.3 Å². The Hall–Kier alpha value is -3.09. The van der Waals surface area contributed by atoms with E-state index >= 15 is 0 Å². The van der Waals surface area contributed by atoms with Gasteiger partial charge in [0, 0.05) is 29.9 Å². The van der Waals surface area contributed by atoms with Gasteiger partial charge in [-0.1, -0.05) is 6.07 Å². The van der Waals surface area contributed by atoms with E-state index in [1.807, 2.05) is 0 Å². The molecule has 1 aliphatic rings. The summed E-state index contributed by atoms with van der Waals surface area (Å²) in [4.78, 5) is 40.7. The molecule has 1 atom stereocenters. The second-order valence-electron chi connectivity index (χ2n) is 7.70. The first kappa shape index (κ1) is 21.6. The molecule has 1 heterocycles. The van der Waals surface area contributed by atoms with Gasteiger partial charge in [0.25, 0.3) is 5.91 Å². The Morgan fingerprint density at radius 3 is 2.40 bits per heavy atom. The minimum absolute atomic E-state index is 0.0343. The lowest BCUT2D eigenvalue weighted by molar-refractivity contribution is 0.0587. The fourth-order valence-electron chi connectivity index (χ4n) is 3.98. The van der Waals surface area contributed by atoms with Gasteiger partial charge in [-0.15, -0.1) is 0 Å². The van der Waals surface area contributed by atoms with Crippen LogP contribution in [-0.4, -0.2) is 53.4 Å². The topological polar surface area (TPSA) is 77.8 Å². The molecule has 0 spiro atoms. The predicted octanol–water partition coefficient (Wildman–Crippen LogP) is 3.31. The second-order valence-corrected chi connectivity index (χ2v) is 7.70.